The Labute approximate surface area is 130 Å². The van der Waals surface area contributed by atoms with E-state index in [1.165, 1.54) is 26.4 Å². The average molecular weight is 303 g/mol. The van der Waals surface area contributed by atoms with Crippen LogP contribution < -0.4 is 9.47 Å². The number of nitrogens with zero attached hydrogens (tertiary/aromatic N) is 1. The normalized spacial score (nSPS) is 11.6. The molecule has 1 aromatic rings. The van der Waals surface area contributed by atoms with Gasteiger partial charge in [-0.2, -0.15) is 5.26 Å². The second-order valence-electron chi connectivity index (χ2n) is 4.94. The molecular formula is C17H21NO4. The van der Waals surface area contributed by atoms with Crippen LogP contribution in [0.4, 0.5) is 0 Å². The molecule has 1 aromatic carbocycles. The van der Waals surface area contributed by atoms with E-state index in [2.05, 4.69) is 0 Å². The first kappa shape index (κ1) is 17.7. The van der Waals surface area contributed by atoms with Crippen LogP contribution in [0.15, 0.2) is 18.2 Å². The van der Waals surface area contributed by atoms with Gasteiger partial charge in [0.25, 0.3) is 0 Å². The van der Waals surface area contributed by atoms with E-state index in [0.717, 1.165) is 0 Å². The second kappa shape index (κ2) is 8.18. The van der Waals surface area contributed by atoms with Gasteiger partial charge in [0.05, 0.1) is 20.3 Å². The number of hydrogen-bond donors (Lipinski definition) is 0. The van der Waals surface area contributed by atoms with E-state index in [-0.39, 0.29) is 17.3 Å². The molecule has 0 N–H and O–H groups in total. The Morgan fingerprint density at radius 2 is 1.59 bits per heavy atom. The van der Waals surface area contributed by atoms with Crippen molar-refractivity contribution in [1.29, 1.82) is 5.26 Å². The summed E-state index contributed by atoms with van der Waals surface area (Å²) in [7, 11) is 2.94. The summed E-state index contributed by atoms with van der Waals surface area (Å²) in [6.07, 6.45) is 1.23. The summed E-state index contributed by atoms with van der Waals surface area (Å²) >= 11 is 0. The van der Waals surface area contributed by atoms with Gasteiger partial charge in [-0.25, -0.2) is 0 Å². The molecule has 0 heterocycles. The molecule has 0 saturated carbocycles. The minimum Gasteiger partial charge on any atom is -0.497 e. The van der Waals surface area contributed by atoms with Crippen molar-refractivity contribution in [2.75, 3.05) is 14.2 Å². The second-order valence-corrected chi connectivity index (χ2v) is 4.94. The van der Waals surface area contributed by atoms with Crippen molar-refractivity contribution in [2.24, 2.45) is 11.8 Å². The van der Waals surface area contributed by atoms with Crippen molar-refractivity contribution in [2.45, 2.75) is 26.7 Å². The predicted molar refractivity (Wildman–Crippen MR) is 82.1 cm³/mol. The number of benzene rings is 1. The Kier molecular flexibility index (Phi) is 6.58. The Morgan fingerprint density at radius 3 is 1.95 bits per heavy atom. The van der Waals surface area contributed by atoms with Crippen LogP contribution in [0.5, 0.6) is 11.5 Å². The molecule has 0 saturated heterocycles. The van der Waals surface area contributed by atoms with Crippen LogP contribution in [0.25, 0.3) is 0 Å². The van der Waals surface area contributed by atoms with Crippen LogP contribution in [-0.2, 0) is 4.79 Å². The molecule has 0 fully saturated rings. The number of rotatable bonds is 8. The first-order valence-electron chi connectivity index (χ1n) is 7.22. The molecule has 0 spiro atoms. The van der Waals surface area contributed by atoms with Crippen molar-refractivity contribution in [3.05, 3.63) is 23.8 Å². The number of carbonyl (C=O) groups is 2. The fourth-order valence-electron chi connectivity index (χ4n) is 2.29. The van der Waals surface area contributed by atoms with Gasteiger partial charge >= 0.3 is 0 Å². The van der Waals surface area contributed by atoms with Crippen molar-refractivity contribution >= 4 is 11.6 Å². The monoisotopic (exact) mass is 303 g/mol. The quantitative estimate of drug-likeness (QED) is 0.545. The maximum Gasteiger partial charge on any atom is 0.187 e. The molecule has 5 nitrogen and oxygen atoms in total. The molecular weight excluding hydrogens is 282 g/mol. The van der Waals surface area contributed by atoms with Crippen LogP contribution in [0.3, 0.4) is 0 Å². The van der Waals surface area contributed by atoms with Gasteiger partial charge in [-0.05, 0) is 25.0 Å². The number of Topliss-reactive ketones (excluding diaryl/α,β-unsaturated/α-hetero) is 2. The van der Waals surface area contributed by atoms with Gasteiger partial charge in [-0.15, -0.1) is 0 Å². The molecule has 0 aliphatic heterocycles. The number of hydrogen-bond acceptors (Lipinski definition) is 5. The van der Waals surface area contributed by atoms with Crippen LogP contribution >= 0.6 is 0 Å². The van der Waals surface area contributed by atoms with Gasteiger partial charge in [0.15, 0.2) is 17.5 Å². The highest BCUT2D eigenvalue weighted by atomic mass is 16.5. The Hall–Kier alpha value is -2.35. The van der Waals surface area contributed by atoms with Crippen molar-refractivity contribution in [3.8, 4) is 17.6 Å². The maximum atomic E-state index is 12.5. The summed E-state index contributed by atoms with van der Waals surface area (Å²) in [5.74, 6) is -1.53. The lowest BCUT2D eigenvalue weighted by atomic mass is 9.85. The lowest BCUT2D eigenvalue weighted by Gasteiger charge is -2.15. The van der Waals surface area contributed by atoms with E-state index in [1.807, 2.05) is 19.9 Å². The number of ether oxygens (including phenoxy) is 2. The van der Waals surface area contributed by atoms with E-state index in [4.69, 9.17) is 9.47 Å². The zero-order chi connectivity index (χ0) is 16.7. The Balaban J connectivity index is 3.17. The Morgan fingerprint density at radius 1 is 1.09 bits per heavy atom. The average Bonchev–Trinajstić information content (AvgIpc) is 2.55. The predicted octanol–water partition coefficient (Wildman–Crippen LogP) is 3.03. The zero-order valence-electron chi connectivity index (χ0n) is 13.4. The largest absolute Gasteiger partial charge is 0.497 e. The zero-order valence-corrected chi connectivity index (χ0v) is 13.4. The molecule has 0 unspecified atom stereocenters. The molecule has 22 heavy (non-hydrogen) atoms. The van der Waals surface area contributed by atoms with Gasteiger partial charge in [-0.3, -0.25) is 9.59 Å². The van der Waals surface area contributed by atoms with Gasteiger partial charge in [-0.1, -0.05) is 13.8 Å². The fraction of sp³-hybridized carbons (Fsp3) is 0.471. The molecule has 5 heteroatoms. The number of ketones is 2. The first-order valence-corrected chi connectivity index (χ1v) is 7.22. The molecule has 0 aliphatic rings. The lowest BCUT2D eigenvalue weighted by Crippen LogP contribution is -2.28. The molecule has 0 radical (unpaired) electrons. The van der Waals surface area contributed by atoms with E-state index >= 15 is 0 Å². The van der Waals surface area contributed by atoms with Crippen molar-refractivity contribution in [3.63, 3.8) is 0 Å². The van der Waals surface area contributed by atoms with E-state index < -0.39 is 11.7 Å². The van der Waals surface area contributed by atoms with E-state index in [0.29, 0.717) is 24.3 Å². The number of nitriles is 1. The fourth-order valence-corrected chi connectivity index (χ4v) is 2.29. The van der Waals surface area contributed by atoms with Gasteiger partial charge in [0.1, 0.15) is 11.5 Å². The van der Waals surface area contributed by atoms with Crippen LogP contribution in [0, 0.1) is 23.2 Å². The number of methoxy groups -OCH3 is 2. The standard InChI is InChI=1S/C17H21NO4/c1-5-11(6-2)16(19)15(10-18)17(20)12-7-13(21-3)9-14(8-12)22-4/h7-9,11,15H,5-6H2,1-4H3/t15-/m1/s1. The SMILES string of the molecule is CCC(CC)C(=O)[C@@H](C#N)C(=O)c1cc(OC)cc(OC)c1. The Bertz CT molecular complexity index is 563. The maximum absolute atomic E-state index is 12.5. The third-order valence-electron chi connectivity index (χ3n) is 3.70. The van der Waals surface area contributed by atoms with E-state index in [1.54, 1.807) is 6.07 Å². The molecule has 1 atom stereocenters. The summed E-state index contributed by atoms with van der Waals surface area (Å²) in [4.78, 5) is 24.9. The highest BCUT2D eigenvalue weighted by Gasteiger charge is 2.31. The van der Waals surface area contributed by atoms with Gasteiger partial charge in [0, 0.05) is 17.5 Å². The summed E-state index contributed by atoms with van der Waals surface area (Å²) < 4.78 is 10.2. The molecule has 0 aromatic heterocycles. The molecule has 0 amide bonds. The van der Waals surface area contributed by atoms with E-state index in [9.17, 15) is 14.9 Å². The topological polar surface area (TPSA) is 76.4 Å². The third kappa shape index (κ3) is 3.85. The summed E-state index contributed by atoms with van der Waals surface area (Å²) in [5, 5.41) is 9.27. The summed E-state index contributed by atoms with van der Waals surface area (Å²) in [6.45, 7) is 3.75. The molecule has 0 aliphatic carbocycles. The minimum absolute atomic E-state index is 0.238. The molecule has 0 bridgehead atoms. The van der Waals surface area contributed by atoms with Gasteiger partial charge in [0.2, 0.25) is 0 Å². The lowest BCUT2D eigenvalue weighted by molar-refractivity contribution is -0.124. The minimum atomic E-state index is -1.29. The van der Waals surface area contributed by atoms with Crippen molar-refractivity contribution < 1.29 is 19.1 Å². The van der Waals surface area contributed by atoms with Crippen LogP contribution in [-0.4, -0.2) is 25.8 Å². The molecule has 118 valence electrons. The van der Waals surface area contributed by atoms with Crippen LogP contribution in [0.2, 0.25) is 0 Å². The van der Waals surface area contributed by atoms with Gasteiger partial charge < -0.3 is 9.47 Å². The first-order chi connectivity index (χ1) is 10.5. The highest BCUT2D eigenvalue weighted by Crippen LogP contribution is 2.26. The van der Waals surface area contributed by atoms with Crippen molar-refractivity contribution in [1.82, 2.24) is 0 Å². The smallest absolute Gasteiger partial charge is 0.187 e. The molecule has 1 rings (SSSR count). The number of carbonyl (C=O) groups excluding carboxylic acids is 2. The van der Waals surface area contributed by atoms with Crippen LogP contribution in [0.1, 0.15) is 37.0 Å². The summed E-state index contributed by atoms with van der Waals surface area (Å²) in [5.41, 5.74) is 0.238. The summed E-state index contributed by atoms with van der Waals surface area (Å²) in [6, 6.07) is 6.49. The third-order valence-corrected chi connectivity index (χ3v) is 3.70. The highest BCUT2D eigenvalue weighted by molar-refractivity contribution is 6.13.